The first-order chi connectivity index (χ1) is 14.2. The molecule has 1 atom stereocenters. The molecule has 3 rings (SSSR count). The molecule has 1 fully saturated rings. The number of para-hydroxylation sites is 1. The van der Waals surface area contributed by atoms with Crippen LogP contribution < -0.4 is 4.74 Å². The molecule has 1 unspecified atom stereocenters. The van der Waals surface area contributed by atoms with Gasteiger partial charge in [-0.25, -0.2) is 0 Å². The van der Waals surface area contributed by atoms with Crippen LogP contribution in [-0.4, -0.2) is 61.0 Å². The maximum Gasteiger partial charge on any atom is 0.222 e. The van der Waals surface area contributed by atoms with E-state index in [1.54, 1.807) is 13.3 Å². The van der Waals surface area contributed by atoms with Gasteiger partial charge in [0.05, 0.1) is 7.11 Å². The van der Waals surface area contributed by atoms with Crippen LogP contribution in [-0.2, 0) is 17.6 Å². The molecule has 156 valence electrons. The zero-order valence-corrected chi connectivity index (χ0v) is 17.7. The van der Waals surface area contributed by atoms with Crippen molar-refractivity contribution in [1.29, 1.82) is 0 Å². The Balaban J connectivity index is 1.43. The first-order valence-electron chi connectivity index (χ1n) is 10.6. The van der Waals surface area contributed by atoms with Gasteiger partial charge in [0, 0.05) is 45.0 Å². The monoisotopic (exact) mass is 395 g/mol. The molecule has 0 spiro atoms. The van der Waals surface area contributed by atoms with E-state index in [0.29, 0.717) is 18.8 Å². The predicted molar refractivity (Wildman–Crippen MR) is 116 cm³/mol. The van der Waals surface area contributed by atoms with Gasteiger partial charge in [-0.2, -0.15) is 0 Å². The Bertz CT molecular complexity index is 766. The SMILES string of the molecule is COc1ccccc1CCN1CCCC(CN(C)C(=O)CCc2ccccn2)C1. The number of piperidine rings is 1. The Morgan fingerprint density at radius 1 is 1.21 bits per heavy atom. The van der Waals surface area contributed by atoms with Crippen molar-refractivity contribution < 1.29 is 9.53 Å². The number of amides is 1. The molecular formula is C24H33N3O2. The van der Waals surface area contributed by atoms with Crippen LogP contribution in [0.2, 0.25) is 0 Å². The normalized spacial score (nSPS) is 17.1. The highest BCUT2D eigenvalue weighted by Crippen LogP contribution is 2.21. The van der Waals surface area contributed by atoms with Gasteiger partial charge in [-0.15, -0.1) is 0 Å². The minimum atomic E-state index is 0.210. The molecule has 1 aromatic carbocycles. The van der Waals surface area contributed by atoms with Gasteiger partial charge >= 0.3 is 0 Å². The van der Waals surface area contributed by atoms with Crippen molar-refractivity contribution in [2.45, 2.75) is 32.1 Å². The summed E-state index contributed by atoms with van der Waals surface area (Å²) >= 11 is 0. The van der Waals surface area contributed by atoms with Crippen LogP contribution in [0, 0.1) is 5.92 Å². The maximum atomic E-state index is 12.5. The van der Waals surface area contributed by atoms with Gasteiger partial charge in [0.1, 0.15) is 5.75 Å². The van der Waals surface area contributed by atoms with Crippen LogP contribution in [0.1, 0.15) is 30.5 Å². The van der Waals surface area contributed by atoms with Crippen LogP contribution in [0.4, 0.5) is 0 Å². The van der Waals surface area contributed by atoms with E-state index in [-0.39, 0.29) is 5.91 Å². The van der Waals surface area contributed by atoms with Crippen molar-refractivity contribution in [2.75, 3.05) is 40.3 Å². The Hall–Kier alpha value is -2.40. The lowest BCUT2D eigenvalue weighted by Crippen LogP contribution is -2.42. The maximum absolute atomic E-state index is 12.5. The topological polar surface area (TPSA) is 45.7 Å². The number of likely N-dealkylation sites (tertiary alicyclic amines) is 1. The number of hydrogen-bond acceptors (Lipinski definition) is 4. The molecule has 0 aliphatic carbocycles. The van der Waals surface area contributed by atoms with Crippen LogP contribution in [0.3, 0.4) is 0 Å². The molecule has 5 heteroatoms. The fourth-order valence-electron chi connectivity index (χ4n) is 4.15. The van der Waals surface area contributed by atoms with E-state index >= 15 is 0 Å². The van der Waals surface area contributed by atoms with Crippen LogP contribution in [0.5, 0.6) is 5.75 Å². The largest absolute Gasteiger partial charge is 0.496 e. The van der Waals surface area contributed by atoms with E-state index in [1.165, 1.54) is 18.4 Å². The third-order valence-electron chi connectivity index (χ3n) is 5.77. The molecule has 1 aliphatic heterocycles. The number of rotatable bonds is 9. The molecule has 2 aromatic rings. The van der Waals surface area contributed by atoms with Gasteiger partial charge < -0.3 is 14.5 Å². The predicted octanol–water partition coefficient (Wildman–Crippen LogP) is 3.44. The van der Waals surface area contributed by atoms with Crippen molar-refractivity contribution in [1.82, 2.24) is 14.8 Å². The fourth-order valence-corrected chi connectivity index (χ4v) is 4.15. The molecular weight excluding hydrogens is 362 g/mol. The van der Waals surface area contributed by atoms with Crippen LogP contribution >= 0.6 is 0 Å². The molecule has 1 aliphatic rings. The van der Waals surface area contributed by atoms with E-state index in [2.05, 4.69) is 22.0 Å². The highest BCUT2D eigenvalue weighted by molar-refractivity contribution is 5.76. The Kier molecular flexibility index (Phi) is 8.05. The number of aromatic nitrogens is 1. The van der Waals surface area contributed by atoms with Gasteiger partial charge in [0.25, 0.3) is 0 Å². The lowest BCUT2D eigenvalue weighted by molar-refractivity contribution is -0.130. The molecule has 1 amide bonds. The van der Waals surface area contributed by atoms with Crippen molar-refractivity contribution in [3.63, 3.8) is 0 Å². The first-order valence-corrected chi connectivity index (χ1v) is 10.6. The van der Waals surface area contributed by atoms with Gasteiger partial charge in [-0.3, -0.25) is 9.78 Å². The molecule has 0 bridgehead atoms. The number of pyridine rings is 1. The summed E-state index contributed by atoms with van der Waals surface area (Å²) in [5.74, 6) is 1.73. The van der Waals surface area contributed by atoms with Crippen LogP contribution in [0.15, 0.2) is 48.7 Å². The highest BCUT2D eigenvalue weighted by atomic mass is 16.5. The number of aryl methyl sites for hydroxylation is 1. The van der Waals surface area contributed by atoms with E-state index in [9.17, 15) is 4.79 Å². The molecule has 2 heterocycles. The first kappa shape index (κ1) is 21.3. The van der Waals surface area contributed by atoms with Gasteiger partial charge in [0.2, 0.25) is 5.91 Å². The quantitative estimate of drug-likeness (QED) is 0.653. The third kappa shape index (κ3) is 6.57. The van der Waals surface area contributed by atoms with Crippen molar-refractivity contribution in [3.05, 3.63) is 59.9 Å². The fraction of sp³-hybridized carbons (Fsp3) is 0.500. The van der Waals surface area contributed by atoms with Crippen molar-refractivity contribution in [3.8, 4) is 5.75 Å². The molecule has 5 nitrogen and oxygen atoms in total. The lowest BCUT2D eigenvalue weighted by atomic mass is 9.96. The second-order valence-corrected chi connectivity index (χ2v) is 7.97. The summed E-state index contributed by atoms with van der Waals surface area (Å²) in [7, 11) is 3.67. The molecule has 0 radical (unpaired) electrons. The number of carbonyl (C=O) groups excluding carboxylic acids is 1. The summed E-state index contributed by atoms with van der Waals surface area (Å²) in [6.07, 6.45) is 6.41. The zero-order chi connectivity index (χ0) is 20.5. The summed E-state index contributed by atoms with van der Waals surface area (Å²) in [6.45, 7) is 4.08. The Morgan fingerprint density at radius 3 is 2.83 bits per heavy atom. The van der Waals surface area contributed by atoms with E-state index in [0.717, 1.165) is 44.0 Å². The molecule has 1 aromatic heterocycles. The minimum absolute atomic E-state index is 0.210. The summed E-state index contributed by atoms with van der Waals surface area (Å²) in [5.41, 5.74) is 2.24. The summed E-state index contributed by atoms with van der Waals surface area (Å²) in [4.78, 5) is 21.3. The summed E-state index contributed by atoms with van der Waals surface area (Å²) in [5, 5.41) is 0. The van der Waals surface area contributed by atoms with Gasteiger partial charge in [0.15, 0.2) is 0 Å². The Labute approximate surface area is 174 Å². The molecule has 1 saturated heterocycles. The number of methoxy groups -OCH3 is 1. The molecule has 0 saturated carbocycles. The number of benzene rings is 1. The highest BCUT2D eigenvalue weighted by Gasteiger charge is 2.22. The number of ether oxygens (including phenoxy) is 1. The second-order valence-electron chi connectivity index (χ2n) is 7.97. The van der Waals surface area contributed by atoms with Gasteiger partial charge in [-0.05, 0) is 61.9 Å². The molecule has 0 N–H and O–H groups in total. The number of nitrogens with zero attached hydrogens (tertiary/aromatic N) is 3. The lowest BCUT2D eigenvalue weighted by Gasteiger charge is -2.35. The van der Waals surface area contributed by atoms with E-state index in [4.69, 9.17) is 4.74 Å². The van der Waals surface area contributed by atoms with E-state index < -0.39 is 0 Å². The summed E-state index contributed by atoms with van der Waals surface area (Å²) < 4.78 is 5.47. The zero-order valence-electron chi connectivity index (χ0n) is 17.7. The van der Waals surface area contributed by atoms with Crippen molar-refractivity contribution in [2.24, 2.45) is 5.92 Å². The standard InChI is InChI=1S/C24H33N3O2/c1-26(24(28)13-12-22-10-5-6-15-25-22)18-20-8-7-16-27(19-20)17-14-21-9-3-4-11-23(21)29-2/h3-6,9-11,15,20H,7-8,12-14,16-19H2,1-2H3. The third-order valence-corrected chi connectivity index (χ3v) is 5.77. The Morgan fingerprint density at radius 2 is 2.03 bits per heavy atom. The second kappa shape index (κ2) is 11.0. The number of hydrogen-bond donors (Lipinski definition) is 0. The minimum Gasteiger partial charge on any atom is -0.496 e. The molecule has 29 heavy (non-hydrogen) atoms. The smallest absolute Gasteiger partial charge is 0.222 e. The van der Waals surface area contributed by atoms with Gasteiger partial charge in [-0.1, -0.05) is 24.3 Å². The average molecular weight is 396 g/mol. The van der Waals surface area contributed by atoms with E-state index in [1.807, 2.05) is 42.3 Å². The van der Waals surface area contributed by atoms with Crippen molar-refractivity contribution >= 4 is 5.91 Å². The number of carbonyl (C=O) groups is 1. The average Bonchev–Trinajstić information content (AvgIpc) is 2.77. The summed E-state index contributed by atoms with van der Waals surface area (Å²) in [6, 6.07) is 14.1. The van der Waals surface area contributed by atoms with Crippen LogP contribution in [0.25, 0.3) is 0 Å².